The second-order valence-corrected chi connectivity index (χ2v) is 5.88. The molecular formula is C12H16BrN3O. The van der Waals surface area contributed by atoms with E-state index >= 15 is 0 Å². The summed E-state index contributed by atoms with van der Waals surface area (Å²) >= 11 is 3.41. The Morgan fingerprint density at radius 2 is 2.00 bits per heavy atom. The lowest BCUT2D eigenvalue weighted by atomic mass is 10.0. The van der Waals surface area contributed by atoms with Gasteiger partial charge in [-0.1, -0.05) is 0 Å². The molecule has 92 valence electrons. The molecule has 1 aromatic rings. The van der Waals surface area contributed by atoms with Gasteiger partial charge in [0.15, 0.2) is 0 Å². The number of hydrogen-bond acceptors (Lipinski definition) is 2. The molecule has 3 rings (SSSR count). The molecular weight excluding hydrogens is 282 g/mol. The average Bonchev–Trinajstić information content (AvgIpc) is 3.11. The lowest BCUT2D eigenvalue weighted by Crippen LogP contribution is -2.39. The van der Waals surface area contributed by atoms with Crippen LogP contribution < -0.4 is 0 Å². The van der Waals surface area contributed by atoms with E-state index in [2.05, 4.69) is 21.0 Å². The van der Waals surface area contributed by atoms with Gasteiger partial charge in [-0.15, -0.1) is 0 Å². The van der Waals surface area contributed by atoms with Gasteiger partial charge in [-0.25, -0.2) is 0 Å². The first-order valence-electron chi connectivity index (χ1n) is 6.22. The van der Waals surface area contributed by atoms with Crippen molar-refractivity contribution in [2.24, 2.45) is 5.92 Å². The standard InChI is InChI=1S/C12H16BrN3O/c13-10-7-14-16(8-10)11-3-5-15(6-4-11)12(17)9-1-2-9/h7-9,11H,1-6H2. The van der Waals surface area contributed by atoms with Crippen molar-refractivity contribution in [3.8, 4) is 0 Å². The SMILES string of the molecule is O=C(C1CC1)N1CCC(n2cc(Br)cn2)CC1. The number of carbonyl (C=O) groups excluding carboxylic acids is 1. The van der Waals surface area contributed by atoms with E-state index in [-0.39, 0.29) is 0 Å². The number of hydrogen-bond donors (Lipinski definition) is 0. The quantitative estimate of drug-likeness (QED) is 0.839. The molecule has 1 amide bonds. The zero-order chi connectivity index (χ0) is 11.8. The summed E-state index contributed by atoms with van der Waals surface area (Å²) in [4.78, 5) is 13.9. The molecule has 1 saturated heterocycles. The van der Waals surface area contributed by atoms with Crippen LogP contribution in [-0.2, 0) is 4.79 Å². The van der Waals surface area contributed by atoms with Crippen molar-refractivity contribution in [1.82, 2.24) is 14.7 Å². The first-order chi connectivity index (χ1) is 8.24. The van der Waals surface area contributed by atoms with Crippen LogP contribution in [0.3, 0.4) is 0 Å². The number of carbonyl (C=O) groups is 1. The van der Waals surface area contributed by atoms with Gasteiger partial charge in [0.05, 0.1) is 16.7 Å². The fourth-order valence-electron chi connectivity index (χ4n) is 2.45. The molecule has 2 aliphatic rings. The van der Waals surface area contributed by atoms with Gasteiger partial charge >= 0.3 is 0 Å². The number of nitrogens with zero attached hydrogens (tertiary/aromatic N) is 3. The third kappa shape index (κ3) is 2.39. The minimum absolute atomic E-state index is 0.352. The van der Waals surface area contributed by atoms with Gasteiger partial charge in [0.2, 0.25) is 5.91 Å². The first kappa shape index (κ1) is 11.3. The molecule has 0 N–H and O–H groups in total. The molecule has 1 aliphatic carbocycles. The van der Waals surface area contributed by atoms with E-state index in [9.17, 15) is 4.79 Å². The van der Waals surface area contributed by atoms with Crippen molar-refractivity contribution in [2.45, 2.75) is 31.7 Å². The Morgan fingerprint density at radius 3 is 2.53 bits per heavy atom. The highest BCUT2D eigenvalue weighted by molar-refractivity contribution is 9.10. The molecule has 4 nitrogen and oxygen atoms in total. The maximum Gasteiger partial charge on any atom is 0.225 e. The monoisotopic (exact) mass is 297 g/mol. The van der Waals surface area contributed by atoms with Crippen molar-refractivity contribution in [3.05, 3.63) is 16.9 Å². The summed E-state index contributed by atoms with van der Waals surface area (Å²) in [7, 11) is 0. The predicted molar refractivity (Wildman–Crippen MR) is 67.5 cm³/mol. The third-order valence-corrected chi connectivity index (χ3v) is 4.06. The van der Waals surface area contributed by atoms with E-state index in [1.165, 1.54) is 0 Å². The number of piperidine rings is 1. The summed E-state index contributed by atoms with van der Waals surface area (Å²) in [5.41, 5.74) is 0. The summed E-state index contributed by atoms with van der Waals surface area (Å²) in [6.45, 7) is 1.77. The lowest BCUT2D eigenvalue weighted by molar-refractivity contribution is -0.133. The highest BCUT2D eigenvalue weighted by atomic mass is 79.9. The van der Waals surface area contributed by atoms with E-state index in [0.717, 1.165) is 43.2 Å². The summed E-state index contributed by atoms with van der Waals surface area (Å²) in [6.07, 6.45) is 8.08. The minimum atomic E-state index is 0.352. The van der Waals surface area contributed by atoms with Crippen LogP contribution in [0.25, 0.3) is 0 Å². The van der Waals surface area contributed by atoms with Crippen LogP contribution in [-0.4, -0.2) is 33.7 Å². The summed E-state index contributed by atoms with van der Waals surface area (Å²) < 4.78 is 3.04. The Kier molecular flexibility index (Phi) is 2.94. The fourth-order valence-corrected chi connectivity index (χ4v) is 2.76. The normalized spacial score (nSPS) is 21.8. The van der Waals surface area contributed by atoms with E-state index in [1.54, 1.807) is 0 Å². The van der Waals surface area contributed by atoms with Crippen LogP contribution in [0.4, 0.5) is 0 Å². The smallest absolute Gasteiger partial charge is 0.225 e. The first-order valence-corrected chi connectivity index (χ1v) is 7.02. The van der Waals surface area contributed by atoms with Gasteiger partial charge in [-0.2, -0.15) is 5.10 Å². The van der Waals surface area contributed by atoms with Crippen molar-refractivity contribution < 1.29 is 4.79 Å². The number of aromatic nitrogens is 2. The lowest BCUT2D eigenvalue weighted by Gasteiger charge is -2.32. The molecule has 0 bridgehead atoms. The third-order valence-electron chi connectivity index (χ3n) is 3.65. The molecule has 0 unspecified atom stereocenters. The molecule has 1 aliphatic heterocycles. The molecule has 0 atom stereocenters. The molecule has 1 aromatic heterocycles. The van der Waals surface area contributed by atoms with Crippen LogP contribution in [0.5, 0.6) is 0 Å². The number of halogens is 1. The molecule has 2 fully saturated rings. The van der Waals surface area contributed by atoms with Crippen LogP contribution >= 0.6 is 15.9 Å². The summed E-state index contributed by atoms with van der Waals surface area (Å²) in [5, 5.41) is 4.32. The Labute approximate surface area is 109 Å². The maximum absolute atomic E-state index is 11.9. The molecule has 17 heavy (non-hydrogen) atoms. The minimum Gasteiger partial charge on any atom is -0.342 e. The second-order valence-electron chi connectivity index (χ2n) is 4.97. The Balaban J connectivity index is 1.58. The molecule has 5 heteroatoms. The Hall–Kier alpha value is -0.840. The van der Waals surface area contributed by atoms with Gasteiger partial charge in [-0.3, -0.25) is 9.48 Å². The molecule has 2 heterocycles. The number of amides is 1. The van der Waals surface area contributed by atoms with Gasteiger partial charge < -0.3 is 4.90 Å². The fraction of sp³-hybridized carbons (Fsp3) is 0.667. The molecule has 0 spiro atoms. The van der Waals surface area contributed by atoms with Gasteiger partial charge in [0.1, 0.15) is 0 Å². The predicted octanol–water partition coefficient (Wildman–Crippen LogP) is 2.22. The van der Waals surface area contributed by atoms with E-state index in [0.29, 0.717) is 17.9 Å². The number of likely N-dealkylation sites (tertiary alicyclic amines) is 1. The van der Waals surface area contributed by atoms with Crippen LogP contribution in [0.15, 0.2) is 16.9 Å². The number of rotatable bonds is 2. The molecule has 1 saturated carbocycles. The van der Waals surface area contributed by atoms with Gasteiger partial charge in [0, 0.05) is 25.2 Å². The maximum atomic E-state index is 11.9. The van der Waals surface area contributed by atoms with Crippen molar-refractivity contribution >= 4 is 21.8 Å². The van der Waals surface area contributed by atoms with Crippen molar-refractivity contribution in [1.29, 1.82) is 0 Å². The zero-order valence-corrected chi connectivity index (χ0v) is 11.3. The Morgan fingerprint density at radius 1 is 1.29 bits per heavy atom. The Bertz CT molecular complexity index is 419. The van der Waals surface area contributed by atoms with Gasteiger partial charge in [-0.05, 0) is 41.6 Å². The van der Waals surface area contributed by atoms with Crippen molar-refractivity contribution in [2.75, 3.05) is 13.1 Å². The summed E-state index contributed by atoms with van der Waals surface area (Å²) in [5.74, 6) is 0.732. The molecule has 0 aromatic carbocycles. The van der Waals surface area contributed by atoms with Crippen molar-refractivity contribution in [3.63, 3.8) is 0 Å². The second kappa shape index (κ2) is 4.44. The van der Waals surface area contributed by atoms with Crippen LogP contribution in [0.2, 0.25) is 0 Å². The van der Waals surface area contributed by atoms with E-state index in [4.69, 9.17) is 0 Å². The highest BCUT2D eigenvalue weighted by Gasteiger charge is 2.35. The summed E-state index contributed by atoms with van der Waals surface area (Å²) in [6, 6.07) is 0.449. The van der Waals surface area contributed by atoms with E-state index in [1.807, 2.05) is 22.0 Å². The molecule has 0 radical (unpaired) electrons. The van der Waals surface area contributed by atoms with E-state index < -0.39 is 0 Å². The van der Waals surface area contributed by atoms with Gasteiger partial charge in [0.25, 0.3) is 0 Å². The largest absolute Gasteiger partial charge is 0.342 e. The zero-order valence-electron chi connectivity index (χ0n) is 9.68. The highest BCUT2D eigenvalue weighted by Crippen LogP contribution is 2.33. The van der Waals surface area contributed by atoms with Crippen LogP contribution in [0.1, 0.15) is 31.7 Å². The van der Waals surface area contributed by atoms with Crippen LogP contribution in [0, 0.1) is 5.92 Å². The average molecular weight is 298 g/mol. The topological polar surface area (TPSA) is 38.1 Å².